The molecule has 3 fully saturated rings. The Bertz CT molecular complexity index is 1070. The molecule has 3 aliphatic rings. The third-order valence-corrected chi connectivity index (χ3v) is 8.42. The van der Waals surface area contributed by atoms with Crippen LogP contribution in [0.2, 0.25) is 10.0 Å². The van der Waals surface area contributed by atoms with Crippen LogP contribution in [0.4, 0.5) is 5.69 Å². The predicted molar refractivity (Wildman–Crippen MR) is 150 cm³/mol. The number of halogens is 2. The van der Waals surface area contributed by atoms with E-state index < -0.39 is 12.1 Å². The van der Waals surface area contributed by atoms with Crippen LogP contribution in [0.3, 0.4) is 0 Å². The van der Waals surface area contributed by atoms with Crippen LogP contribution in [-0.4, -0.2) is 74.0 Å². The fourth-order valence-electron chi connectivity index (χ4n) is 5.63. The number of nitrogens with zero attached hydrogens (tertiary/aromatic N) is 2. The highest BCUT2D eigenvalue weighted by Gasteiger charge is 2.33. The predicted octanol–water partition coefficient (Wildman–Crippen LogP) is 4.69. The first kappa shape index (κ1) is 27.5. The van der Waals surface area contributed by atoms with Crippen LogP contribution >= 0.6 is 23.2 Å². The van der Waals surface area contributed by atoms with Gasteiger partial charge in [-0.1, -0.05) is 29.3 Å². The van der Waals surface area contributed by atoms with E-state index in [9.17, 15) is 9.90 Å². The Morgan fingerprint density at radius 1 is 1.05 bits per heavy atom. The lowest BCUT2D eigenvalue weighted by atomic mass is 9.99. The van der Waals surface area contributed by atoms with Gasteiger partial charge in [-0.05, 0) is 74.3 Å². The zero-order chi connectivity index (χ0) is 26.5. The first-order valence-corrected chi connectivity index (χ1v) is 14.5. The van der Waals surface area contributed by atoms with Gasteiger partial charge in [0.15, 0.2) is 0 Å². The summed E-state index contributed by atoms with van der Waals surface area (Å²) in [5, 5.41) is 15.8. The Hall–Kier alpha value is -2.03. The standard InChI is InChI=1S/C29H37Cl2N3O4/c30-22-4-6-23(7-5-22)34-14-9-21(18-34)29(36)32-26(19-33-12-1-2-13-33)28(35)20-3-8-27(25(31)17-20)38-24-10-15-37-16-11-24/h3-8,17,21,24,26,28,35H,1-2,9-16,18-19H2,(H,32,36)/t21?,26-,28-/m1/s1. The van der Waals surface area contributed by atoms with Crippen molar-refractivity contribution < 1.29 is 19.4 Å². The SMILES string of the molecule is O=C(N[C@H](CN1CCCC1)[C@H](O)c1ccc(OC2CCOCC2)c(Cl)c1)C1CCN(c2ccc(Cl)cc2)C1. The molecule has 0 saturated carbocycles. The molecular weight excluding hydrogens is 525 g/mol. The van der Waals surface area contributed by atoms with Gasteiger partial charge >= 0.3 is 0 Å². The number of nitrogens with one attached hydrogen (secondary N) is 1. The minimum Gasteiger partial charge on any atom is -0.489 e. The number of carbonyl (C=O) groups excluding carboxylic acids is 1. The smallest absolute Gasteiger partial charge is 0.225 e. The summed E-state index contributed by atoms with van der Waals surface area (Å²) in [5.41, 5.74) is 1.74. The molecule has 3 aliphatic heterocycles. The topological polar surface area (TPSA) is 74.3 Å². The van der Waals surface area contributed by atoms with Crippen LogP contribution < -0.4 is 15.0 Å². The van der Waals surface area contributed by atoms with Crippen molar-refractivity contribution in [2.24, 2.45) is 5.92 Å². The first-order valence-electron chi connectivity index (χ1n) is 13.7. The summed E-state index contributed by atoms with van der Waals surface area (Å²) >= 11 is 12.6. The summed E-state index contributed by atoms with van der Waals surface area (Å²) in [6.45, 7) is 5.38. The normalized spacial score (nSPS) is 22.4. The van der Waals surface area contributed by atoms with Gasteiger partial charge in [0, 0.05) is 43.2 Å². The lowest BCUT2D eigenvalue weighted by Gasteiger charge is -2.30. The molecule has 0 spiro atoms. The van der Waals surface area contributed by atoms with E-state index in [-0.39, 0.29) is 17.9 Å². The van der Waals surface area contributed by atoms with Crippen molar-refractivity contribution in [2.75, 3.05) is 50.8 Å². The van der Waals surface area contributed by atoms with Crippen molar-refractivity contribution >= 4 is 34.8 Å². The number of carbonyl (C=O) groups is 1. The summed E-state index contributed by atoms with van der Waals surface area (Å²) in [7, 11) is 0. The van der Waals surface area contributed by atoms with E-state index >= 15 is 0 Å². The highest BCUT2D eigenvalue weighted by Crippen LogP contribution is 2.32. The largest absolute Gasteiger partial charge is 0.489 e. The Balaban J connectivity index is 1.25. The first-order chi connectivity index (χ1) is 18.5. The van der Waals surface area contributed by atoms with Crippen LogP contribution in [0, 0.1) is 5.92 Å². The number of likely N-dealkylation sites (tertiary alicyclic amines) is 1. The minimum atomic E-state index is -0.886. The molecule has 2 aromatic rings. The second-order valence-corrected chi connectivity index (χ2v) is 11.4. The van der Waals surface area contributed by atoms with E-state index in [4.69, 9.17) is 32.7 Å². The molecule has 3 heterocycles. The van der Waals surface area contributed by atoms with Crippen LogP contribution in [0.1, 0.15) is 43.8 Å². The van der Waals surface area contributed by atoms with Gasteiger partial charge in [0.05, 0.1) is 30.2 Å². The monoisotopic (exact) mass is 561 g/mol. The minimum absolute atomic E-state index is 0.0183. The molecule has 3 saturated heterocycles. The summed E-state index contributed by atoms with van der Waals surface area (Å²) in [6.07, 6.45) is 3.91. The number of ether oxygens (including phenoxy) is 2. The zero-order valence-corrected chi connectivity index (χ0v) is 23.2. The molecule has 2 aromatic carbocycles. The van der Waals surface area contributed by atoms with Crippen molar-refractivity contribution in [3.05, 3.63) is 58.1 Å². The lowest BCUT2D eigenvalue weighted by molar-refractivity contribution is -0.126. The van der Waals surface area contributed by atoms with Gasteiger partial charge in [-0.2, -0.15) is 0 Å². The lowest BCUT2D eigenvalue weighted by Crippen LogP contribution is -2.48. The van der Waals surface area contributed by atoms with Gasteiger partial charge in [0.25, 0.3) is 0 Å². The van der Waals surface area contributed by atoms with Crippen molar-refractivity contribution in [1.82, 2.24) is 10.2 Å². The summed E-state index contributed by atoms with van der Waals surface area (Å²) < 4.78 is 11.5. The average molecular weight is 563 g/mol. The maximum absolute atomic E-state index is 13.4. The Morgan fingerprint density at radius 3 is 2.50 bits per heavy atom. The Labute approximate surface area is 235 Å². The van der Waals surface area contributed by atoms with E-state index in [2.05, 4.69) is 15.1 Å². The quantitative estimate of drug-likeness (QED) is 0.462. The molecule has 206 valence electrons. The summed E-state index contributed by atoms with van der Waals surface area (Å²) in [4.78, 5) is 17.9. The highest BCUT2D eigenvalue weighted by atomic mass is 35.5. The van der Waals surface area contributed by atoms with Gasteiger partial charge in [0.1, 0.15) is 18.0 Å². The maximum atomic E-state index is 13.4. The number of aliphatic hydroxyl groups is 1. The Kier molecular flexibility index (Phi) is 9.33. The fourth-order valence-corrected chi connectivity index (χ4v) is 5.99. The molecule has 2 N–H and O–H groups in total. The number of anilines is 1. The molecule has 3 atom stereocenters. The number of hydrogen-bond donors (Lipinski definition) is 2. The van der Waals surface area contributed by atoms with Gasteiger partial charge in [-0.15, -0.1) is 0 Å². The maximum Gasteiger partial charge on any atom is 0.225 e. The summed E-state index contributed by atoms with van der Waals surface area (Å²) in [6, 6.07) is 12.7. The second-order valence-electron chi connectivity index (χ2n) is 10.6. The van der Waals surface area contributed by atoms with Gasteiger partial charge in [0.2, 0.25) is 5.91 Å². The molecular formula is C29H37Cl2N3O4. The van der Waals surface area contributed by atoms with Crippen LogP contribution in [0.15, 0.2) is 42.5 Å². The second kappa shape index (κ2) is 12.9. The molecule has 7 nitrogen and oxygen atoms in total. The molecule has 1 unspecified atom stereocenters. The highest BCUT2D eigenvalue weighted by molar-refractivity contribution is 6.32. The fraction of sp³-hybridized carbons (Fsp3) is 0.552. The van der Waals surface area contributed by atoms with Crippen LogP contribution in [0.25, 0.3) is 0 Å². The van der Waals surface area contributed by atoms with Crippen molar-refractivity contribution in [2.45, 2.75) is 50.4 Å². The number of aliphatic hydroxyl groups excluding tert-OH is 1. The van der Waals surface area contributed by atoms with Crippen molar-refractivity contribution in [1.29, 1.82) is 0 Å². The summed E-state index contributed by atoms with van der Waals surface area (Å²) in [5.74, 6) is 0.455. The molecule has 38 heavy (non-hydrogen) atoms. The van der Waals surface area contributed by atoms with E-state index in [1.54, 1.807) is 6.07 Å². The van der Waals surface area contributed by atoms with E-state index in [1.165, 1.54) is 0 Å². The zero-order valence-electron chi connectivity index (χ0n) is 21.7. The third-order valence-electron chi connectivity index (χ3n) is 7.87. The Morgan fingerprint density at radius 2 is 1.79 bits per heavy atom. The number of benzene rings is 2. The number of amides is 1. The number of rotatable bonds is 9. The van der Waals surface area contributed by atoms with Gasteiger partial charge in [-0.25, -0.2) is 0 Å². The van der Waals surface area contributed by atoms with E-state index in [0.29, 0.717) is 47.7 Å². The van der Waals surface area contributed by atoms with E-state index in [0.717, 1.165) is 57.4 Å². The average Bonchev–Trinajstić information content (AvgIpc) is 3.63. The molecule has 1 amide bonds. The van der Waals surface area contributed by atoms with Gasteiger partial charge in [-0.3, -0.25) is 4.79 Å². The van der Waals surface area contributed by atoms with Crippen molar-refractivity contribution in [3.63, 3.8) is 0 Å². The number of hydrogen-bond acceptors (Lipinski definition) is 6. The molecule has 9 heteroatoms. The molecule has 0 bridgehead atoms. The van der Waals surface area contributed by atoms with Crippen LogP contribution in [-0.2, 0) is 9.53 Å². The van der Waals surface area contributed by atoms with Crippen molar-refractivity contribution in [3.8, 4) is 5.75 Å². The molecule has 0 radical (unpaired) electrons. The third kappa shape index (κ3) is 6.93. The molecule has 0 aliphatic carbocycles. The van der Waals surface area contributed by atoms with Crippen LogP contribution in [0.5, 0.6) is 5.75 Å². The molecule has 5 rings (SSSR count). The molecule has 0 aromatic heterocycles. The van der Waals surface area contributed by atoms with Gasteiger partial charge < -0.3 is 29.7 Å². The van der Waals surface area contributed by atoms with E-state index in [1.807, 2.05) is 36.4 Å².